The van der Waals surface area contributed by atoms with E-state index in [2.05, 4.69) is 15.4 Å². The van der Waals surface area contributed by atoms with Gasteiger partial charge in [-0.3, -0.25) is 0 Å². The lowest BCUT2D eigenvalue weighted by atomic mass is 10.1. The average Bonchev–Trinajstić information content (AvgIpc) is 3.26. The van der Waals surface area contributed by atoms with Crippen molar-refractivity contribution in [3.8, 4) is 22.9 Å². The van der Waals surface area contributed by atoms with Gasteiger partial charge in [-0.05, 0) is 23.8 Å². The van der Waals surface area contributed by atoms with Gasteiger partial charge in [-0.2, -0.15) is 4.31 Å². The minimum Gasteiger partial charge on any atom is -0.497 e. The molecule has 0 atom stereocenters. The van der Waals surface area contributed by atoms with Crippen LogP contribution in [-0.2, 0) is 23.1 Å². The molecule has 0 aliphatic carbocycles. The second kappa shape index (κ2) is 11.2. The van der Waals surface area contributed by atoms with Crippen LogP contribution in [0.3, 0.4) is 0 Å². The molecular formula is C25H27Cl2N5O5S. The zero-order chi connectivity index (χ0) is 27.6. The van der Waals surface area contributed by atoms with Crippen molar-refractivity contribution in [2.45, 2.75) is 13.1 Å². The number of hydrogen-bond donors (Lipinski definition) is 1. The Kier molecular flexibility index (Phi) is 8.22. The van der Waals surface area contributed by atoms with E-state index < -0.39 is 10.0 Å². The summed E-state index contributed by atoms with van der Waals surface area (Å²) in [6.07, 6.45) is 2.78. The molecular weight excluding hydrogens is 553 g/mol. The van der Waals surface area contributed by atoms with E-state index in [1.54, 1.807) is 61.4 Å². The number of sulfonamides is 1. The third-order valence-electron chi connectivity index (χ3n) is 6.00. The summed E-state index contributed by atoms with van der Waals surface area (Å²) >= 11 is 12.9. The molecule has 0 bridgehead atoms. The number of halogens is 2. The normalized spacial score (nSPS) is 11.7. The van der Waals surface area contributed by atoms with Crippen LogP contribution in [0.4, 0.5) is 5.82 Å². The number of aromatic nitrogens is 3. The number of nitrogens with one attached hydrogen (secondary N) is 1. The molecule has 0 unspecified atom stereocenters. The number of benzene rings is 2. The Labute approximate surface area is 231 Å². The molecule has 202 valence electrons. The van der Waals surface area contributed by atoms with E-state index in [4.69, 9.17) is 37.4 Å². The van der Waals surface area contributed by atoms with Crippen LogP contribution in [0.2, 0.25) is 10.2 Å². The van der Waals surface area contributed by atoms with E-state index >= 15 is 0 Å². The van der Waals surface area contributed by atoms with Crippen molar-refractivity contribution in [1.82, 2.24) is 19.1 Å². The van der Waals surface area contributed by atoms with E-state index in [0.29, 0.717) is 55.6 Å². The first-order chi connectivity index (χ1) is 18.1. The molecule has 2 heterocycles. The molecule has 0 saturated heterocycles. The maximum atomic E-state index is 12.8. The summed E-state index contributed by atoms with van der Waals surface area (Å²) in [6.45, 7) is 0.0636. The summed E-state index contributed by atoms with van der Waals surface area (Å²) in [5, 5.41) is 9.08. The standard InChI is InChI=1S/C25H27Cl2N5O5S/c1-28-25-18-12-29-24(27)11-20(18)32(30-25)21-10-19(26)16(8-23(21)37-4)14-31(38(5,33)34)13-15-6-7-17(35-2)9-22(15)36-3/h6-12H,13-14H2,1-5H3,(H,28,30). The van der Waals surface area contributed by atoms with Crippen LogP contribution in [0.1, 0.15) is 11.1 Å². The van der Waals surface area contributed by atoms with Gasteiger partial charge >= 0.3 is 0 Å². The quantitative estimate of drug-likeness (QED) is 0.268. The molecule has 2 aromatic carbocycles. The fourth-order valence-corrected chi connectivity index (χ4v) is 5.16. The summed E-state index contributed by atoms with van der Waals surface area (Å²) < 4.78 is 44.9. The van der Waals surface area contributed by atoms with Gasteiger partial charge in [0.05, 0.1) is 38.5 Å². The van der Waals surface area contributed by atoms with Crippen molar-refractivity contribution in [3.05, 3.63) is 63.9 Å². The number of methoxy groups -OCH3 is 3. The molecule has 10 nitrogen and oxygen atoms in total. The Morgan fingerprint density at radius 2 is 1.68 bits per heavy atom. The van der Waals surface area contributed by atoms with Gasteiger partial charge in [0.2, 0.25) is 10.0 Å². The number of anilines is 1. The lowest BCUT2D eigenvalue weighted by molar-refractivity contribution is 0.370. The van der Waals surface area contributed by atoms with Gasteiger partial charge < -0.3 is 19.5 Å². The molecule has 0 radical (unpaired) electrons. The monoisotopic (exact) mass is 579 g/mol. The minimum atomic E-state index is -3.63. The van der Waals surface area contributed by atoms with Gasteiger partial charge in [-0.15, -0.1) is 5.10 Å². The third-order valence-corrected chi connectivity index (χ3v) is 7.76. The molecule has 0 spiro atoms. The second-order valence-corrected chi connectivity index (χ2v) is 11.1. The molecule has 4 aromatic rings. The highest BCUT2D eigenvalue weighted by Gasteiger charge is 2.23. The summed E-state index contributed by atoms with van der Waals surface area (Å²) in [6, 6.07) is 10.3. The van der Waals surface area contributed by atoms with Crippen molar-refractivity contribution in [3.63, 3.8) is 0 Å². The Balaban J connectivity index is 1.75. The Hall–Kier alpha value is -3.25. The number of ether oxygens (including phenoxy) is 3. The van der Waals surface area contributed by atoms with Gasteiger partial charge in [-0.25, -0.2) is 18.1 Å². The highest BCUT2D eigenvalue weighted by Crippen LogP contribution is 2.35. The lowest BCUT2D eigenvalue weighted by Crippen LogP contribution is -2.29. The highest BCUT2D eigenvalue weighted by atomic mass is 35.5. The number of rotatable bonds is 10. The van der Waals surface area contributed by atoms with Gasteiger partial charge in [0.25, 0.3) is 0 Å². The van der Waals surface area contributed by atoms with E-state index in [0.717, 1.165) is 11.6 Å². The second-order valence-electron chi connectivity index (χ2n) is 8.36. The third kappa shape index (κ3) is 5.60. The zero-order valence-corrected chi connectivity index (χ0v) is 23.8. The average molecular weight is 580 g/mol. The van der Waals surface area contributed by atoms with E-state index in [9.17, 15) is 8.42 Å². The lowest BCUT2D eigenvalue weighted by Gasteiger charge is -2.23. The summed E-state index contributed by atoms with van der Waals surface area (Å²) in [4.78, 5) is 4.15. The molecule has 13 heteroatoms. The van der Waals surface area contributed by atoms with Gasteiger partial charge in [0.15, 0.2) is 5.82 Å². The maximum absolute atomic E-state index is 12.8. The van der Waals surface area contributed by atoms with Gasteiger partial charge in [0.1, 0.15) is 28.1 Å². The minimum absolute atomic E-state index is 0.000852. The molecule has 0 fully saturated rings. The number of pyridine rings is 1. The summed E-state index contributed by atoms with van der Waals surface area (Å²) in [7, 11) is 2.71. The first kappa shape index (κ1) is 27.8. The molecule has 1 N–H and O–H groups in total. The maximum Gasteiger partial charge on any atom is 0.211 e. The molecule has 0 aliphatic heterocycles. The predicted molar refractivity (Wildman–Crippen MR) is 149 cm³/mol. The first-order valence-electron chi connectivity index (χ1n) is 11.3. The number of nitrogens with zero attached hydrogens (tertiary/aromatic N) is 4. The number of fused-ring (bicyclic) bond motifs is 1. The van der Waals surface area contributed by atoms with Crippen molar-refractivity contribution in [1.29, 1.82) is 0 Å². The van der Waals surface area contributed by atoms with Crippen LogP contribution >= 0.6 is 23.2 Å². The van der Waals surface area contributed by atoms with Crippen molar-refractivity contribution < 1.29 is 22.6 Å². The SMILES string of the molecule is CNc1nn(-c2cc(Cl)c(CN(Cc3ccc(OC)cc3OC)S(C)(=O)=O)cc2OC)c2cc(Cl)ncc12. The number of hydrogen-bond acceptors (Lipinski definition) is 8. The van der Waals surface area contributed by atoms with Gasteiger partial charge in [-0.1, -0.05) is 29.3 Å². The topological polar surface area (TPSA) is 108 Å². The van der Waals surface area contributed by atoms with E-state index in [1.165, 1.54) is 18.5 Å². The highest BCUT2D eigenvalue weighted by molar-refractivity contribution is 7.88. The van der Waals surface area contributed by atoms with Crippen LogP contribution in [0.5, 0.6) is 17.2 Å². The summed E-state index contributed by atoms with van der Waals surface area (Å²) in [5.41, 5.74) is 2.47. The molecule has 38 heavy (non-hydrogen) atoms. The van der Waals surface area contributed by atoms with Gasteiger partial charge in [0, 0.05) is 49.1 Å². The molecule has 4 rings (SSSR count). The molecule has 0 aliphatic rings. The Bertz CT molecular complexity index is 1590. The molecule has 0 amide bonds. The van der Waals surface area contributed by atoms with E-state index in [-0.39, 0.29) is 13.1 Å². The van der Waals surface area contributed by atoms with Crippen LogP contribution in [0, 0.1) is 0 Å². The van der Waals surface area contributed by atoms with Crippen molar-refractivity contribution in [2.24, 2.45) is 0 Å². The largest absolute Gasteiger partial charge is 0.497 e. The fraction of sp³-hybridized carbons (Fsp3) is 0.280. The molecule has 2 aromatic heterocycles. The van der Waals surface area contributed by atoms with Crippen molar-refractivity contribution in [2.75, 3.05) is 39.9 Å². The Morgan fingerprint density at radius 3 is 2.32 bits per heavy atom. The van der Waals surface area contributed by atoms with Crippen LogP contribution in [0.25, 0.3) is 16.6 Å². The Morgan fingerprint density at radius 1 is 0.974 bits per heavy atom. The van der Waals surface area contributed by atoms with E-state index in [1.807, 2.05) is 0 Å². The van der Waals surface area contributed by atoms with Crippen LogP contribution < -0.4 is 19.5 Å². The first-order valence-corrected chi connectivity index (χ1v) is 13.9. The fourth-order valence-electron chi connectivity index (χ4n) is 4.04. The zero-order valence-electron chi connectivity index (χ0n) is 21.4. The van der Waals surface area contributed by atoms with Crippen LogP contribution in [0.15, 0.2) is 42.6 Å². The molecule has 0 saturated carbocycles. The predicted octanol–water partition coefficient (Wildman–Crippen LogP) is 4.76. The summed E-state index contributed by atoms with van der Waals surface area (Å²) in [5.74, 6) is 2.16. The van der Waals surface area contributed by atoms with Crippen LogP contribution in [-0.4, -0.2) is 62.1 Å². The smallest absolute Gasteiger partial charge is 0.211 e. The van der Waals surface area contributed by atoms with Crippen molar-refractivity contribution >= 4 is 49.9 Å².